The monoisotopic (exact) mass is 337 g/mol. The van der Waals surface area contributed by atoms with Gasteiger partial charge in [-0.15, -0.1) is 0 Å². The molecule has 6 heteroatoms. The SMILES string of the molecule is CNC(c1ccccn1)c1c(Br)cnn1CCN(C)C. The minimum absolute atomic E-state index is 0.0234. The maximum Gasteiger partial charge on any atom is 0.0931 e. The van der Waals surface area contributed by atoms with E-state index in [1.807, 2.05) is 42.3 Å². The fourth-order valence-electron chi connectivity index (χ4n) is 2.10. The summed E-state index contributed by atoms with van der Waals surface area (Å²) in [6, 6.07) is 5.97. The van der Waals surface area contributed by atoms with Crippen molar-refractivity contribution >= 4 is 15.9 Å². The van der Waals surface area contributed by atoms with E-state index in [1.165, 1.54) is 0 Å². The summed E-state index contributed by atoms with van der Waals surface area (Å²) in [6.45, 7) is 1.79. The molecular formula is C14H20BrN5. The molecule has 1 unspecified atom stereocenters. The lowest BCUT2D eigenvalue weighted by molar-refractivity contribution is 0.366. The number of pyridine rings is 1. The molecule has 0 aliphatic heterocycles. The van der Waals surface area contributed by atoms with Crippen LogP contribution in [0.25, 0.3) is 0 Å². The molecule has 0 saturated carbocycles. The quantitative estimate of drug-likeness (QED) is 0.874. The van der Waals surface area contributed by atoms with Crippen LogP contribution in [-0.4, -0.2) is 47.4 Å². The first-order valence-corrected chi connectivity index (χ1v) is 7.37. The zero-order valence-corrected chi connectivity index (χ0v) is 13.6. The molecule has 2 aromatic rings. The Morgan fingerprint density at radius 1 is 1.40 bits per heavy atom. The first-order chi connectivity index (χ1) is 9.63. The summed E-state index contributed by atoms with van der Waals surface area (Å²) in [5, 5.41) is 7.78. The maximum atomic E-state index is 4.46. The van der Waals surface area contributed by atoms with Gasteiger partial charge < -0.3 is 10.2 Å². The lowest BCUT2D eigenvalue weighted by Crippen LogP contribution is -2.26. The Balaban J connectivity index is 2.32. The molecule has 0 aliphatic rings. The Bertz CT molecular complexity index is 538. The zero-order chi connectivity index (χ0) is 14.5. The predicted octanol–water partition coefficient (Wildman–Crippen LogP) is 1.91. The number of hydrogen-bond donors (Lipinski definition) is 1. The molecule has 0 spiro atoms. The van der Waals surface area contributed by atoms with E-state index in [2.05, 4.69) is 50.3 Å². The van der Waals surface area contributed by atoms with Crippen molar-refractivity contribution in [2.24, 2.45) is 0 Å². The van der Waals surface area contributed by atoms with Gasteiger partial charge in [0.2, 0.25) is 0 Å². The highest BCUT2D eigenvalue weighted by Crippen LogP contribution is 2.27. The predicted molar refractivity (Wildman–Crippen MR) is 83.6 cm³/mol. The number of aromatic nitrogens is 3. The summed E-state index contributed by atoms with van der Waals surface area (Å²) in [7, 11) is 6.06. The molecule has 0 aromatic carbocycles. The Morgan fingerprint density at radius 3 is 2.80 bits per heavy atom. The molecule has 0 amide bonds. The maximum absolute atomic E-state index is 4.46. The van der Waals surface area contributed by atoms with E-state index < -0.39 is 0 Å². The van der Waals surface area contributed by atoms with Gasteiger partial charge in [-0.2, -0.15) is 5.10 Å². The average Bonchev–Trinajstić information content (AvgIpc) is 2.80. The highest BCUT2D eigenvalue weighted by molar-refractivity contribution is 9.10. The van der Waals surface area contributed by atoms with E-state index in [-0.39, 0.29) is 6.04 Å². The van der Waals surface area contributed by atoms with Gasteiger partial charge in [0.15, 0.2) is 0 Å². The summed E-state index contributed by atoms with van der Waals surface area (Å²) in [5.41, 5.74) is 2.09. The van der Waals surface area contributed by atoms with Crippen molar-refractivity contribution in [1.29, 1.82) is 0 Å². The van der Waals surface area contributed by atoms with Crippen molar-refractivity contribution in [3.8, 4) is 0 Å². The van der Waals surface area contributed by atoms with Crippen LogP contribution in [0.1, 0.15) is 17.4 Å². The fraction of sp³-hybridized carbons (Fsp3) is 0.429. The first-order valence-electron chi connectivity index (χ1n) is 6.57. The molecule has 0 saturated heterocycles. The molecule has 2 aromatic heterocycles. The number of hydrogen-bond acceptors (Lipinski definition) is 4. The molecule has 108 valence electrons. The minimum atomic E-state index is 0.0234. The highest BCUT2D eigenvalue weighted by atomic mass is 79.9. The summed E-state index contributed by atoms with van der Waals surface area (Å²) >= 11 is 3.60. The average molecular weight is 338 g/mol. The second kappa shape index (κ2) is 6.97. The number of rotatable bonds is 6. The molecule has 0 aliphatic carbocycles. The van der Waals surface area contributed by atoms with Crippen molar-refractivity contribution in [3.63, 3.8) is 0 Å². The largest absolute Gasteiger partial charge is 0.308 e. The van der Waals surface area contributed by atoms with Crippen LogP contribution < -0.4 is 5.32 Å². The van der Waals surface area contributed by atoms with Crippen molar-refractivity contribution in [2.75, 3.05) is 27.7 Å². The molecular weight excluding hydrogens is 318 g/mol. The molecule has 20 heavy (non-hydrogen) atoms. The number of nitrogens with one attached hydrogen (secondary N) is 1. The number of likely N-dealkylation sites (N-methyl/N-ethyl adjacent to an activating group) is 1. The van der Waals surface area contributed by atoms with Gasteiger partial charge in [-0.25, -0.2) is 0 Å². The topological polar surface area (TPSA) is 46.0 Å². The van der Waals surface area contributed by atoms with E-state index in [0.717, 1.165) is 29.0 Å². The zero-order valence-electron chi connectivity index (χ0n) is 12.0. The Kier molecular flexibility index (Phi) is 5.28. The third kappa shape index (κ3) is 3.45. The minimum Gasteiger partial charge on any atom is -0.308 e. The van der Waals surface area contributed by atoms with E-state index in [1.54, 1.807) is 0 Å². The summed E-state index contributed by atoms with van der Waals surface area (Å²) < 4.78 is 3.03. The smallest absolute Gasteiger partial charge is 0.0931 e. The fourth-order valence-corrected chi connectivity index (χ4v) is 2.63. The Labute approximate surface area is 128 Å². The van der Waals surface area contributed by atoms with E-state index >= 15 is 0 Å². The molecule has 1 atom stereocenters. The molecule has 5 nitrogen and oxygen atoms in total. The van der Waals surface area contributed by atoms with Gasteiger partial charge in [0, 0.05) is 12.7 Å². The Hall–Kier alpha value is -1.24. The van der Waals surface area contributed by atoms with Gasteiger partial charge >= 0.3 is 0 Å². The van der Waals surface area contributed by atoms with Crippen molar-refractivity contribution in [1.82, 2.24) is 25.0 Å². The number of halogens is 1. The van der Waals surface area contributed by atoms with Crippen LogP contribution in [0.3, 0.4) is 0 Å². The van der Waals surface area contributed by atoms with Crippen LogP contribution in [0.2, 0.25) is 0 Å². The van der Waals surface area contributed by atoms with Crippen molar-refractivity contribution in [3.05, 3.63) is 46.5 Å². The molecule has 0 fully saturated rings. The van der Waals surface area contributed by atoms with E-state index in [4.69, 9.17) is 0 Å². The van der Waals surface area contributed by atoms with Gasteiger partial charge in [-0.05, 0) is 49.2 Å². The summed E-state index contributed by atoms with van der Waals surface area (Å²) in [6.07, 6.45) is 3.66. The molecule has 0 radical (unpaired) electrons. The van der Waals surface area contributed by atoms with Crippen LogP contribution >= 0.6 is 15.9 Å². The second-order valence-corrected chi connectivity index (χ2v) is 5.73. The lowest BCUT2D eigenvalue weighted by atomic mass is 10.1. The standard InChI is InChI=1S/C14H20BrN5/c1-16-13(12-6-4-5-7-17-12)14-11(15)10-18-20(14)9-8-19(2)3/h4-7,10,13,16H,8-9H2,1-3H3. The third-order valence-corrected chi connectivity index (χ3v) is 3.75. The van der Waals surface area contributed by atoms with E-state index in [9.17, 15) is 0 Å². The van der Waals surface area contributed by atoms with Gasteiger partial charge in [0.05, 0.1) is 34.6 Å². The van der Waals surface area contributed by atoms with Gasteiger partial charge in [-0.1, -0.05) is 6.07 Å². The Morgan fingerprint density at radius 2 is 2.20 bits per heavy atom. The van der Waals surface area contributed by atoms with Gasteiger partial charge in [0.1, 0.15) is 0 Å². The number of nitrogens with zero attached hydrogens (tertiary/aromatic N) is 4. The molecule has 1 N–H and O–H groups in total. The van der Waals surface area contributed by atoms with Crippen molar-refractivity contribution in [2.45, 2.75) is 12.6 Å². The normalized spacial score (nSPS) is 12.8. The first kappa shape index (κ1) is 15.2. The van der Waals surface area contributed by atoms with Crippen LogP contribution in [0.4, 0.5) is 0 Å². The van der Waals surface area contributed by atoms with Crippen LogP contribution in [0.15, 0.2) is 35.1 Å². The van der Waals surface area contributed by atoms with Crippen LogP contribution in [0, 0.1) is 0 Å². The van der Waals surface area contributed by atoms with Crippen LogP contribution in [0.5, 0.6) is 0 Å². The second-order valence-electron chi connectivity index (χ2n) is 4.88. The highest BCUT2D eigenvalue weighted by Gasteiger charge is 2.21. The van der Waals surface area contributed by atoms with E-state index in [0.29, 0.717) is 0 Å². The van der Waals surface area contributed by atoms with Gasteiger partial charge in [-0.3, -0.25) is 9.67 Å². The molecule has 2 rings (SSSR count). The van der Waals surface area contributed by atoms with Gasteiger partial charge in [0.25, 0.3) is 0 Å². The molecule has 2 heterocycles. The summed E-state index contributed by atoms with van der Waals surface area (Å²) in [5.74, 6) is 0. The lowest BCUT2D eigenvalue weighted by Gasteiger charge is -2.19. The van der Waals surface area contributed by atoms with Crippen LogP contribution in [-0.2, 0) is 6.54 Å². The summed E-state index contributed by atoms with van der Waals surface area (Å²) in [4.78, 5) is 6.60. The van der Waals surface area contributed by atoms with Crippen molar-refractivity contribution < 1.29 is 0 Å². The third-order valence-electron chi connectivity index (χ3n) is 3.14. The molecule has 0 bridgehead atoms.